The summed E-state index contributed by atoms with van der Waals surface area (Å²) in [6, 6.07) is 0. The van der Waals surface area contributed by atoms with Crippen LogP contribution >= 0.6 is 31.9 Å². The van der Waals surface area contributed by atoms with Gasteiger partial charge in [-0.3, -0.25) is 0 Å². The SMILES string of the molecule is C=C/C(CBr)=C(\C=C)CBr. The minimum absolute atomic E-state index is 0.837. The molecule has 0 spiro atoms. The second-order valence-electron chi connectivity index (χ2n) is 1.73. The lowest BCUT2D eigenvalue weighted by Crippen LogP contribution is -1.88. The summed E-state index contributed by atoms with van der Waals surface area (Å²) in [5.41, 5.74) is 2.37. The third-order valence-corrected chi connectivity index (χ3v) is 2.40. The van der Waals surface area contributed by atoms with Crippen molar-refractivity contribution in [2.75, 3.05) is 10.7 Å². The Balaban J connectivity index is 4.50. The molecule has 0 aromatic rings. The Kier molecular flexibility index (Phi) is 6.03. The number of allylic oxidation sites excluding steroid dienone is 4. The summed E-state index contributed by atoms with van der Waals surface area (Å²) in [7, 11) is 0. The molecule has 0 heterocycles. The summed E-state index contributed by atoms with van der Waals surface area (Å²) in [5.74, 6) is 0. The van der Waals surface area contributed by atoms with Crippen molar-refractivity contribution in [3.8, 4) is 0 Å². The second kappa shape index (κ2) is 5.93. The van der Waals surface area contributed by atoms with Crippen LogP contribution in [0.15, 0.2) is 36.5 Å². The van der Waals surface area contributed by atoms with Gasteiger partial charge in [-0.05, 0) is 11.1 Å². The zero-order chi connectivity index (χ0) is 7.98. The fourth-order valence-corrected chi connectivity index (χ4v) is 1.72. The Hall–Kier alpha value is 0.180. The summed E-state index contributed by atoms with van der Waals surface area (Å²) in [4.78, 5) is 0. The average Bonchev–Trinajstić information content (AvgIpc) is 2.00. The van der Waals surface area contributed by atoms with Crippen LogP contribution in [0.2, 0.25) is 0 Å². The van der Waals surface area contributed by atoms with Crippen molar-refractivity contribution in [3.63, 3.8) is 0 Å². The highest BCUT2D eigenvalue weighted by Gasteiger charge is 1.95. The monoisotopic (exact) mass is 264 g/mol. The molecule has 0 saturated heterocycles. The fraction of sp³-hybridized carbons (Fsp3) is 0.250. The van der Waals surface area contributed by atoms with Gasteiger partial charge in [-0.25, -0.2) is 0 Å². The first-order valence-electron chi connectivity index (χ1n) is 2.89. The number of halogens is 2. The Morgan fingerprint density at radius 2 is 1.30 bits per heavy atom. The third-order valence-electron chi connectivity index (χ3n) is 1.19. The highest BCUT2D eigenvalue weighted by atomic mass is 79.9. The van der Waals surface area contributed by atoms with E-state index in [2.05, 4.69) is 45.0 Å². The van der Waals surface area contributed by atoms with Gasteiger partial charge >= 0.3 is 0 Å². The second-order valence-corrected chi connectivity index (χ2v) is 2.85. The molecule has 0 unspecified atom stereocenters. The molecule has 0 atom stereocenters. The van der Waals surface area contributed by atoms with Gasteiger partial charge in [-0.2, -0.15) is 0 Å². The van der Waals surface area contributed by atoms with Gasteiger partial charge in [0.1, 0.15) is 0 Å². The number of rotatable bonds is 4. The summed E-state index contributed by atoms with van der Waals surface area (Å²) >= 11 is 6.72. The molecule has 2 heteroatoms. The third kappa shape index (κ3) is 2.84. The predicted octanol–water partition coefficient (Wildman–Crippen LogP) is 3.44. The average molecular weight is 266 g/mol. The van der Waals surface area contributed by atoms with Crippen LogP contribution in [0, 0.1) is 0 Å². The smallest absolute Gasteiger partial charge is 0.0285 e. The highest BCUT2D eigenvalue weighted by molar-refractivity contribution is 9.09. The van der Waals surface area contributed by atoms with Crippen LogP contribution in [0.5, 0.6) is 0 Å². The predicted molar refractivity (Wildman–Crippen MR) is 55.0 cm³/mol. The lowest BCUT2D eigenvalue weighted by molar-refractivity contribution is 1.43. The van der Waals surface area contributed by atoms with E-state index in [1.54, 1.807) is 0 Å². The molecule has 0 aliphatic heterocycles. The van der Waals surface area contributed by atoms with Gasteiger partial charge in [0, 0.05) is 10.7 Å². The maximum atomic E-state index is 3.69. The molecule has 0 aromatic heterocycles. The van der Waals surface area contributed by atoms with Gasteiger partial charge in [0.25, 0.3) is 0 Å². The Morgan fingerprint density at radius 1 is 1.00 bits per heavy atom. The molecular formula is C8H10Br2. The lowest BCUT2D eigenvalue weighted by Gasteiger charge is -2.00. The van der Waals surface area contributed by atoms with Gasteiger partial charge in [-0.15, -0.1) is 0 Å². The van der Waals surface area contributed by atoms with E-state index in [-0.39, 0.29) is 0 Å². The molecule has 0 aliphatic rings. The van der Waals surface area contributed by atoms with Gasteiger partial charge in [0.15, 0.2) is 0 Å². The van der Waals surface area contributed by atoms with Crippen LogP contribution in [0.3, 0.4) is 0 Å². The van der Waals surface area contributed by atoms with Crippen LogP contribution in [-0.2, 0) is 0 Å². The van der Waals surface area contributed by atoms with Crippen molar-refractivity contribution >= 4 is 31.9 Å². The van der Waals surface area contributed by atoms with E-state index in [1.165, 1.54) is 11.1 Å². The fourth-order valence-electron chi connectivity index (χ4n) is 0.543. The molecule has 0 nitrogen and oxygen atoms in total. The van der Waals surface area contributed by atoms with E-state index in [1.807, 2.05) is 12.2 Å². The molecule has 0 N–H and O–H groups in total. The largest absolute Gasteiger partial charge is 0.0988 e. The molecule has 10 heavy (non-hydrogen) atoms. The first kappa shape index (κ1) is 10.2. The Bertz CT molecular complexity index is 139. The van der Waals surface area contributed by atoms with Crippen molar-refractivity contribution in [1.29, 1.82) is 0 Å². The molecule has 0 bridgehead atoms. The van der Waals surface area contributed by atoms with Gasteiger partial charge in [0.2, 0.25) is 0 Å². The van der Waals surface area contributed by atoms with E-state index < -0.39 is 0 Å². The molecule has 0 aliphatic carbocycles. The van der Waals surface area contributed by atoms with Crippen molar-refractivity contribution < 1.29 is 0 Å². The standard InChI is InChI=1S/C8H10Br2/c1-3-7(5-9)8(4-2)6-10/h3-4H,1-2,5-6H2/b8-7-. The van der Waals surface area contributed by atoms with Crippen molar-refractivity contribution in [2.24, 2.45) is 0 Å². The molecule has 0 fully saturated rings. The Morgan fingerprint density at radius 3 is 1.40 bits per heavy atom. The topological polar surface area (TPSA) is 0 Å². The van der Waals surface area contributed by atoms with Crippen molar-refractivity contribution in [3.05, 3.63) is 36.5 Å². The van der Waals surface area contributed by atoms with Crippen LogP contribution in [-0.4, -0.2) is 10.7 Å². The van der Waals surface area contributed by atoms with Crippen LogP contribution in [0.4, 0.5) is 0 Å². The molecule has 0 aromatic carbocycles. The van der Waals surface area contributed by atoms with E-state index in [9.17, 15) is 0 Å². The summed E-state index contributed by atoms with van der Waals surface area (Å²) in [6.07, 6.45) is 3.68. The summed E-state index contributed by atoms with van der Waals surface area (Å²) < 4.78 is 0. The number of hydrogen-bond acceptors (Lipinski definition) is 0. The normalized spacial score (nSPS) is 12.2. The molecule has 56 valence electrons. The first-order chi connectivity index (χ1) is 4.79. The molecule has 0 saturated carbocycles. The van der Waals surface area contributed by atoms with Crippen molar-refractivity contribution in [2.45, 2.75) is 0 Å². The van der Waals surface area contributed by atoms with Gasteiger partial charge in [-0.1, -0.05) is 57.2 Å². The summed E-state index contributed by atoms with van der Waals surface area (Å²) in [5, 5.41) is 1.67. The highest BCUT2D eigenvalue weighted by Crippen LogP contribution is 2.11. The maximum Gasteiger partial charge on any atom is 0.0285 e. The van der Waals surface area contributed by atoms with E-state index in [0.29, 0.717) is 0 Å². The molecule has 0 rings (SSSR count). The van der Waals surface area contributed by atoms with E-state index >= 15 is 0 Å². The first-order valence-corrected chi connectivity index (χ1v) is 5.13. The minimum atomic E-state index is 0.837. The zero-order valence-corrected chi connectivity index (χ0v) is 8.91. The minimum Gasteiger partial charge on any atom is -0.0988 e. The van der Waals surface area contributed by atoms with Crippen LogP contribution in [0.25, 0.3) is 0 Å². The van der Waals surface area contributed by atoms with Gasteiger partial charge in [0.05, 0.1) is 0 Å². The van der Waals surface area contributed by atoms with Crippen LogP contribution < -0.4 is 0 Å². The zero-order valence-electron chi connectivity index (χ0n) is 5.74. The van der Waals surface area contributed by atoms with Crippen LogP contribution in [0.1, 0.15) is 0 Å². The van der Waals surface area contributed by atoms with Gasteiger partial charge < -0.3 is 0 Å². The summed E-state index contributed by atoms with van der Waals surface area (Å²) in [6.45, 7) is 7.38. The number of alkyl halides is 2. The number of hydrogen-bond donors (Lipinski definition) is 0. The lowest BCUT2D eigenvalue weighted by atomic mass is 10.1. The van der Waals surface area contributed by atoms with E-state index in [4.69, 9.17) is 0 Å². The van der Waals surface area contributed by atoms with Crippen molar-refractivity contribution in [1.82, 2.24) is 0 Å². The quantitative estimate of drug-likeness (QED) is 0.540. The molecule has 0 amide bonds. The molecule has 0 radical (unpaired) electrons. The maximum absolute atomic E-state index is 3.69. The van der Waals surface area contributed by atoms with E-state index in [0.717, 1.165) is 10.7 Å². The Labute approximate surface area is 79.0 Å². The molecular weight excluding hydrogens is 256 g/mol.